The van der Waals surface area contributed by atoms with Gasteiger partial charge in [-0.05, 0) is 55.8 Å². The van der Waals surface area contributed by atoms with Crippen molar-refractivity contribution in [3.05, 3.63) is 47.5 Å². The van der Waals surface area contributed by atoms with Crippen molar-refractivity contribution in [2.45, 2.75) is 13.3 Å². The normalized spacial score (nSPS) is 17.3. The molecule has 1 unspecified atom stereocenters. The first kappa shape index (κ1) is 19.0. The zero-order chi connectivity index (χ0) is 19.7. The van der Waals surface area contributed by atoms with E-state index in [0.717, 1.165) is 42.9 Å². The molecule has 6 heteroatoms. The van der Waals surface area contributed by atoms with E-state index in [-0.39, 0.29) is 5.75 Å². The Bertz CT molecular complexity index is 993. The molecule has 3 aromatic rings. The predicted octanol–water partition coefficient (Wildman–Crippen LogP) is 4.43. The van der Waals surface area contributed by atoms with Crippen LogP contribution in [0, 0.1) is 5.92 Å². The lowest BCUT2D eigenvalue weighted by Crippen LogP contribution is -2.29. The third kappa shape index (κ3) is 3.77. The largest absolute Gasteiger partial charge is 0.507 e. The number of aromatic nitrogens is 2. The average Bonchev–Trinajstić information content (AvgIpc) is 3.14. The molecule has 1 saturated heterocycles. The van der Waals surface area contributed by atoms with Crippen LogP contribution in [0.4, 0.5) is 5.82 Å². The second kappa shape index (κ2) is 7.94. The van der Waals surface area contributed by atoms with Crippen LogP contribution in [-0.2, 0) is 0 Å². The van der Waals surface area contributed by atoms with E-state index in [4.69, 9.17) is 16.6 Å². The molecule has 0 spiro atoms. The number of anilines is 1. The molecule has 0 bridgehead atoms. The number of hydrogen-bond acceptors (Lipinski definition) is 5. The summed E-state index contributed by atoms with van der Waals surface area (Å²) < 4.78 is 0. The standard InChI is InChI=1S/C22H25ClN4O/c1-3-27-11-10-15(14-27)13-26(2)22-17-9-8-16(23)12-19(17)24-21(25-22)18-6-4-5-7-20(18)28/h4-9,12,15,28H,3,10-11,13-14H2,1-2H3. The highest BCUT2D eigenvalue weighted by Gasteiger charge is 2.24. The van der Waals surface area contributed by atoms with Gasteiger partial charge in [-0.3, -0.25) is 0 Å². The molecular formula is C22H25ClN4O. The number of aromatic hydroxyl groups is 1. The van der Waals surface area contributed by atoms with Gasteiger partial charge in [-0.25, -0.2) is 9.97 Å². The number of halogens is 1. The maximum atomic E-state index is 10.3. The highest BCUT2D eigenvalue weighted by Crippen LogP contribution is 2.32. The smallest absolute Gasteiger partial charge is 0.165 e. The lowest BCUT2D eigenvalue weighted by molar-refractivity contribution is 0.343. The summed E-state index contributed by atoms with van der Waals surface area (Å²) in [5, 5.41) is 11.9. The molecular weight excluding hydrogens is 372 g/mol. The highest BCUT2D eigenvalue weighted by molar-refractivity contribution is 6.31. The van der Waals surface area contributed by atoms with Crippen LogP contribution in [0.2, 0.25) is 5.02 Å². The molecule has 5 nitrogen and oxygen atoms in total. The van der Waals surface area contributed by atoms with Crippen molar-refractivity contribution >= 4 is 28.3 Å². The van der Waals surface area contributed by atoms with Crippen molar-refractivity contribution < 1.29 is 5.11 Å². The maximum absolute atomic E-state index is 10.3. The number of phenolic OH excluding ortho intramolecular Hbond substituents is 1. The van der Waals surface area contributed by atoms with Crippen molar-refractivity contribution in [3.63, 3.8) is 0 Å². The molecule has 4 rings (SSSR count). The van der Waals surface area contributed by atoms with Gasteiger partial charge in [0.25, 0.3) is 0 Å². The van der Waals surface area contributed by atoms with E-state index in [1.807, 2.05) is 30.3 Å². The number of para-hydroxylation sites is 1. The highest BCUT2D eigenvalue weighted by atomic mass is 35.5. The topological polar surface area (TPSA) is 52.5 Å². The van der Waals surface area contributed by atoms with Gasteiger partial charge in [0.05, 0.1) is 11.1 Å². The summed E-state index contributed by atoms with van der Waals surface area (Å²) in [5.41, 5.74) is 1.40. The summed E-state index contributed by atoms with van der Waals surface area (Å²) in [6, 6.07) is 12.9. The number of fused-ring (bicyclic) bond motifs is 1. The third-order valence-electron chi connectivity index (χ3n) is 5.49. The van der Waals surface area contributed by atoms with Crippen LogP contribution < -0.4 is 4.90 Å². The summed E-state index contributed by atoms with van der Waals surface area (Å²) >= 11 is 6.22. The Morgan fingerprint density at radius 3 is 2.79 bits per heavy atom. The molecule has 0 radical (unpaired) electrons. The molecule has 1 fully saturated rings. The number of nitrogens with zero attached hydrogens (tertiary/aromatic N) is 4. The molecule has 0 saturated carbocycles. The Kier molecular flexibility index (Phi) is 5.38. The zero-order valence-corrected chi connectivity index (χ0v) is 17.0. The van der Waals surface area contributed by atoms with E-state index < -0.39 is 0 Å². The summed E-state index contributed by atoms with van der Waals surface area (Å²) in [6.45, 7) is 6.55. The average molecular weight is 397 g/mol. The summed E-state index contributed by atoms with van der Waals surface area (Å²) in [6.07, 6.45) is 1.21. The zero-order valence-electron chi connectivity index (χ0n) is 16.3. The minimum absolute atomic E-state index is 0.173. The van der Waals surface area contributed by atoms with Crippen LogP contribution in [0.25, 0.3) is 22.3 Å². The van der Waals surface area contributed by atoms with Gasteiger partial charge in [-0.2, -0.15) is 0 Å². The lowest BCUT2D eigenvalue weighted by Gasteiger charge is -2.24. The molecule has 0 amide bonds. The molecule has 146 valence electrons. The molecule has 1 aliphatic heterocycles. The van der Waals surface area contributed by atoms with Crippen LogP contribution in [0.5, 0.6) is 5.75 Å². The monoisotopic (exact) mass is 396 g/mol. The van der Waals surface area contributed by atoms with Crippen LogP contribution >= 0.6 is 11.6 Å². The molecule has 28 heavy (non-hydrogen) atoms. The van der Waals surface area contributed by atoms with Gasteiger partial charge < -0.3 is 14.9 Å². The second-order valence-electron chi connectivity index (χ2n) is 7.48. The fraction of sp³-hybridized carbons (Fsp3) is 0.364. The van der Waals surface area contributed by atoms with E-state index in [2.05, 4.69) is 28.8 Å². The first-order valence-electron chi connectivity index (χ1n) is 9.74. The first-order chi connectivity index (χ1) is 13.5. The number of rotatable bonds is 5. The van der Waals surface area contributed by atoms with Crippen LogP contribution in [0.15, 0.2) is 42.5 Å². The van der Waals surface area contributed by atoms with Crippen molar-refractivity contribution in [1.82, 2.24) is 14.9 Å². The number of likely N-dealkylation sites (tertiary alicyclic amines) is 1. The lowest BCUT2D eigenvalue weighted by atomic mass is 10.1. The van der Waals surface area contributed by atoms with Gasteiger partial charge in [-0.15, -0.1) is 0 Å². The molecule has 1 atom stereocenters. The number of phenols is 1. The SMILES string of the molecule is CCN1CCC(CN(C)c2nc(-c3ccccc3O)nc3cc(Cl)ccc23)C1. The van der Waals surface area contributed by atoms with E-state index in [1.165, 1.54) is 6.42 Å². The summed E-state index contributed by atoms with van der Waals surface area (Å²) in [4.78, 5) is 14.2. The van der Waals surface area contributed by atoms with Gasteiger partial charge in [0.2, 0.25) is 0 Å². The quantitative estimate of drug-likeness (QED) is 0.691. The fourth-order valence-electron chi connectivity index (χ4n) is 3.98. The Morgan fingerprint density at radius 2 is 2.04 bits per heavy atom. The fourth-order valence-corrected chi connectivity index (χ4v) is 4.15. The van der Waals surface area contributed by atoms with Crippen molar-refractivity contribution in [2.75, 3.05) is 38.1 Å². The van der Waals surface area contributed by atoms with Crippen LogP contribution in [0.1, 0.15) is 13.3 Å². The van der Waals surface area contributed by atoms with Gasteiger partial charge >= 0.3 is 0 Å². The van der Waals surface area contributed by atoms with Crippen molar-refractivity contribution in [2.24, 2.45) is 5.92 Å². The summed E-state index contributed by atoms with van der Waals surface area (Å²) in [7, 11) is 2.08. The van der Waals surface area contributed by atoms with Gasteiger partial charge in [0.1, 0.15) is 11.6 Å². The molecule has 0 aliphatic carbocycles. The molecule has 1 aliphatic rings. The molecule has 2 heterocycles. The van der Waals surface area contributed by atoms with Gasteiger partial charge in [0.15, 0.2) is 5.82 Å². The van der Waals surface area contributed by atoms with Gasteiger partial charge in [-0.1, -0.05) is 30.7 Å². The second-order valence-corrected chi connectivity index (χ2v) is 7.91. The third-order valence-corrected chi connectivity index (χ3v) is 5.73. The van der Waals surface area contributed by atoms with Crippen molar-refractivity contribution in [3.8, 4) is 17.1 Å². The Labute approximate surface area is 170 Å². The Hall–Kier alpha value is -2.37. The Balaban J connectivity index is 1.74. The Morgan fingerprint density at radius 1 is 1.21 bits per heavy atom. The van der Waals surface area contributed by atoms with Crippen LogP contribution in [-0.4, -0.2) is 53.2 Å². The van der Waals surface area contributed by atoms with E-state index in [0.29, 0.717) is 22.3 Å². The minimum atomic E-state index is 0.173. The minimum Gasteiger partial charge on any atom is -0.507 e. The molecule has 2 aromatic carbocycles. The molecule has 1 aromatic heterocycles. The van der Waals surface area contributed by atoms with E-state index >= 15 is 0 Å². The van der Waals surface area contributed by atoms with Crippen LogP contribution in [0.3, 0.4) is 0 Å². The predicted molar refractivity (Wildman–Crippen MR) is 115 cm³/mol. The number of hydrogen-bond donors (Lipinski definition) is 1. The molecule has 1 N–H and O–H groups in total. The number of benzene rings is 2. The van der Waals surface area contributed by atoms with Gasteiger partial charge in [0, 0.05) is 30.5 Å². The van der Waals surface area contributed by atoms with E-state index in [9.17, 15) is 5.11 Å². The summed E-state index contributed by atoms with van der Waals surface area (Å²) in [5.74, 6) is 2.17. The maximum Gasteiger partial charge on any atom is 0.165 e. The van der Waals surface area contributed by atoms with E-state index in [1.54, 1.807) is 12.1 Å². The first-order valence-corrected chi connectivity index (χ1v) is 10.1. The van der Waals surface area contributed by atoms with Crippen molar-refractivity contribution in [1.29, 1.82) is 0 Å².